The van der Waals surface area contributed by atoms with E-state index < -0.39 is 0 Å². The monoisotopic (exact) mass is 309 g/mol. The van der Waals surface area contributed by atoms with E-state index in [2.05, 4.69) is 36.6 Å². The van der Waals surface area contributed by atoms with E-state index in [1.54, 1.807) is 4.52 Å². The molecule has 2 N–H and O–H groups in total. The Morgan fingerprint density at radius 3 is 3.06 bits per heavy atom. The summed E-state index contributed by atoms with van der Waals surface area (Å²) in [5, 5.41) is 11.1. The Morgan fingerprint density at radius 2 is 2.22 bits per heavy atom. The normalized spacial score (nSPS) is 17.2. The first-order valence-corrected chi connectivity index (χ1v) is 7.07. The SMILES string of the molecule is Brc1ccc2nc(NCC3CCNCC3)nn2c1. The minimum atomic E-state index is 0.714. The molecular formula is C12H16BrN5. The first kappa shape index (κ1) is 11.9. The highest BCUT2D eigenvalue weighted by Crippen LogP contribution is 2.14. The third-order valence-corrected chi connectivity index (χ3v) is 3.77. The van der Waals surface area contributed by atoms with Gasteiger partial charge in [-0.3, -0.25) is 0 Å². The van der Waals surface area contributed by atoms with Crippen LogP contribution in [0.3, 0.4) is 0 Å². The highest BCUT2D eigenvalue weighted by atomic mass is 79.9. The Morgan fingerprint density at radius 1 is 1.39 bits per heavy atom. The van der Waals surface area contributed by atoms with E-state index in [0.29, 0.717) is 5.95 Å². The first-order chi connectivity index (χ1) is 8.81. The minimum Gasteiger partial charge on any atom is -0.353 e. The van der Waals surface area contributed by atoms with Crippen molar-refractivity contribution in [3.8, 4) is 0 Å². The molecule has 6 heteroatoms. The summed E-state index contributed by atoms with van der Waals surface area (Å²) in [5.41, 5.74) is 0.867. The summed E-state index contributed by atoms with van der Waals surface area (Å²) in [5.74, 6) is 1.44. The zero-order valence-electron chi connectivity index (χ0n) is 10.1. The summed E-state index contributed by atoms with van der Waals surface area (Å²) in [7, 11) is 0. The molecule has 0 aromatic carbocycles. The number of aromatic nitrogens is 3. The molecule has 0 radical (unpaired) electrons. The Hall–Kier alpha value is -1.14. The number of pyridine rings is 1. The van der Waals surface area contributed by atoms with Crippen LogP contribution in [0.5, 0.6) is 0 Å². The summed E-state index contributed by atoms with van der Waals surface area (Å²) >= 11 is 3.43. The summed E-state index contributed by atoms with van der Waals surface area (Å²) < 4.78 is 2.79. The molecular weight excluding hydrogens is 294 g/mol. The van der Waals surface area contributed by atoms with Crippen LogP contribution in [-0.4, -0.2) is 34.2 Å². The molecule has 0 unspecified atom stereocenters. The van der Waals surface area contributed by atoms with E-state index in [4.69, 9.17) is 0 Å². The molecule has 0 spiro atoms. The maximum Gasteiger partial charge on any atom is 0.243 e. The minimum absolute atomic E-state index is 0.714. The Labute approximate surface area is 114 Å². The molecule has 2 aromatic heterocycles. The van der Waals surface area contributed by atoms with Gasteiger partial charge in [-0.1, -0.05) is 0 Å². The summed E-state index contributed by atoms with van der Waals surface area (Å²) in [6, 6.07) is 3.92. The molecule has 1 aliphatic rings. The van der Waals surface area contributed by atoms with Crippen molar-refractivity contribution < 1.29 is 0 Å². The number of hydrogen-bond donors (Lipinski definition) is 2. The van der Waals surface area contributed by atoms with Crippen LogP contribution in [0.15, 0.2) is 22.8 Å². The lowest BCUT2D eigenvalue weighted by atomic mass is 9.98. The van der Waals surface area contributed by atoms with Gasteiger partial charge < -0.3 is 10.6 Å². The van der Waals surface area contributed by atoms with Gasteiger partial charge in [-0.15, -0.1) is 5.10 Å². The van der Waals surface area contributed by atoms with Gasteiger partial charge >= 0.3 is 0 Å². The largest absolute Gasteiger partial charge is 0.353 e. The Bertz CT molecular complexity index is 532. The topological polar surface area (TPSA) is 54.2 Å². The number of rotatable bonds is 3. The molecule has 18 heavy (non-hydrogen) atoms. The van der Waals surface area contributed by atoms with Crippen molar-refractivity contribution in [3.05, 3.63) is 22.8 Å². The smallest absolute Gasteiger partial charge is 0.243 e. The summed E-state index contributed by atoms with van der Waals surface area (Å²) in [6.45, 7) is 3.20. The predicted molar refractivity (Wildman–Crippen MR) is 74.8 cm³/mol. The summed E-state index contributed by atoms with van der Waals surface area (Å²) in [6.07, 6.45) is 4.37. The van der Waals surface area contributed by atoms with Gasteiger partial charge in [-0.25, -0.2) is 4.52 Å². The van der Waals surface area contributed by atoms with Crippen LogP contribution < -0.4 is 10.6 Å². The molecule has 1 aliphatic heterocycles. The van der Waals surface area contributed by atoms with E-state index in [1.807, 2.05) is 18.3 Å². The first-order valence-electron chi connectivity index (χ1n) is 6.28. The second-order valence-corrected chi connectivity index (χ2v) is 5.58. The molecule has 2 aromatic rings. The second-order valence-electron chi connectivity index (χ2n) is 4.66. The Balaban J connectivity index is 1.67. The average Bonchev–Trinajstić information content (AvgIpc) is 2.79. The van der Waals surface area contributed by atoms with E-state index in [1.165, 1.54) is 12.8 Å². The molecule has 3 rings (SSSR count). The van der Waals surface area contributed by atoms with Crippen LogP contribution in [0.1, 0.15) is 12.8 Å². The molecule has 3 heterocycles. The molecule has 0 saturated carbocycles. The van der Waals surface area contributed by atoms with Gasteiger partial charge in [0.15, 0.2) is 5.65 Å². The van der Waals surface area contributed by atoms with Crippen LogP contribution >= 0.6 is 15.9 Å². The Kier molecular flexibility index (Phi) is 3.47. The maximum atomic E-state index is 4.44. The number of hydrogen-bond acceptors (Lipinski definition) is 4. The molecule has 1 saturated heterocycles. The van der Waals surface area contributed by atoms with Crippen molar-refractivity contribution >= 4 is 27.5 Å². The number of halogens is 1. The molecule has 0 bridgehead atoms. The fourth-order valence-corrected chi connectivity index (χ4v) is 2.58. The van der Waals surface area contributed by atoms with Gasteiger partial charge in [0.25, 0.3) is 0 Å². The van der Waals surface area contributed by atoms with Gasteiger partial charge in [0.05, 0.1) is 0 Å². The van der Waals surface area contributed by atoms with Gasteiger partial charge in [-0.05, 0) is 59.9 Å². The number of nitrogens with one attached hydrogen (secondary N) is 2. The van der Waals surface area contributed by atoms with Crippen molar-refractivity contribution in [1.29, 1.82) is 0 Å². The number of fused-ring (bicyclic) bond motifs is 1. The van der Waals surface area contributed by atoms with Gasteiger partial charge in [0.1, 0.15) is 0 Å². The lowest BCUT2D eigenvalue weighted by Crippen LogP contribution is -2.31. The van der Waals surface area contributed by atoms with Crippen molar-refractivity contribution in [3.63, 3.8) is 0 Å². The molecule has 96 valence electrons. The lowest BCUT2D eigenvalue weighted by Gasteiger charge is -2.22. The fraction of sp³-hybridized carbons (Fsp3) is 0.500. The number of piperidine rings is 1. The van der Waals surface area contributed by atoms with Crippen molar-refractivity contribution in [2.75, 3.05) is 25.0 Å². The van der Waals surface area contributed by atoms with E-state index >= 15 is 0 Å². The van der Waals surface area contributed by atoms with Crippen molar-refractivity contribution in [2.24, 2.45) is 5.92 Å². The average molecular weight is 310 g/mol. The third-order valence-electron chi connectivity index (χ3n) is 3.30. The third kappa shape index (κ3) is 2.64. The standard InChI is InChI=1S/C12H16BrN5/c13-10-1-2-11-16-12(17-18(11)8-10)15-7-9-3-5-14-6-4-9/h1-2,8-9,14H,3-7H2,(H,15,17). The predicted octanol–water partition coefficient (Wildman–Crippen LogP) is 1.90. The zero-order valence-corrected chi connectivity index (χ0v) is 11.7. The lowest BCUT2D eigenvalue weighted by molar-refractivity contribution is 0.389. The van der Waals surface area contributed by atoms with Gasteiger partial charge in [-0.2, -0.15) is 4.98 Å². The molecule has 0 atom stereocenters. The van der Waals surface area contributed by atoms with Crippen LogP contribution in [0, 0.1) is 5.92 Å². The van der Waals surface area contributed by atoms with E-state index in [-0.39, 0.29) is 0 Å². The van der Waals surface area contributed by atoms with E-state index in [9.17, 15) is 0 Å². The highest BCUT2D eigenvalue weighted by molar-refractivity contribution is 9.10. The van der Waals surface area contributed by atoms with Gasteiger partial charge in [0, 0.05) is 17.2 Å². The number of anilines is 1. The van der Waals surface area contributed by atoms with Crippen LogP contribution in [0.25, 0.3) is 5.65 Å². The maximum absolute atomic E-state index is 4.44. The molecule has 5 nitrogen and oxygen atoms in total. The second kappa shape index (κ2) is 5.24. The molecule has 0 aliphatic carbocycles. The van der Waals surface area contributed by atoms with Crippen LogP contribution in [0.4, 0.5) is 5.95 Å². The zero-order chi connectivity index (χ0) is 12.4. The quantitative estimate of drug-likeness (QED) is 0.909. The van der Waals surface area contributed by atoms with Crippen LogP contribution in [-0.2, 0) is 0 Å². The van der Waals surface area contributed by atoms with Crippen LogP contribution in [0.2, 0.25) is 0 Å². The van der Waals surface area contributed by atoms with Crippen molar-refractivity contribution in [1.82, 2.24) is 19.9 Å². The molecule has 0 amide bonds. The molecule has 1 fully saturated rings. The summed E-state index contributed by atoms with van der Waals surface area (Å²) in [4.78, 5) is 4.44. The highest BCUT2D eigenvalue weighted by Gasteiger charge is 2.13. The van der Waals surface area contributed by atoms with E-state index in [0.717, 1.165) is 35.7 Å². The van der Waals surface area contributed by atoms with Crippen molar-refractivity contribution in [2.45, 2.75) is 12.8 Å². The fourth-order valence-electron chi connectivity index (χ4n) is 2.25. The van der Waals surface area contributed by atoms with Gasteiger partial charge in [0.2, 0.25) is 5.95 Å². The number of nitrogens with zero attached hydrogens (tertiary/aromatic N) is 3.